The highest BCUT2D eigenvalue weighted by molar-refractivity contribution is 6.40. The SMILES string of the molecule is O=C(Nc1ccc(/C=C(/C(=O)c2ccc(Cl)cc2Cl)n2cncn2)cc1)c1ccco1. The van der Waals surface area contributed by atoms with Gasteiger partial charge in [0.05, 0.1) is 11.3 Å². The number of rotatable bonds is 6. The van der Waals surface area contributed by atoms with Crippen molar-refractivity contribution in [2.45, 2.75) is 0 Å². The molecule has 0 saturated heterocycles. The Morgan fingerprint density at radius 2 is 1.87 bits per heavy atom. The van der Waals surface area contributed by atoms with E-state index >= 15 is 0 Å². The maximum atomic E-state index is 13.2. The zero-order valence-corrected chi connectivity index (χ0v) is 17.3. The molecule has 0 aliphatic heterocycles. The van der Waals surface area contributed by atoms with E-state index in [0.717, 1.165) is 0 Å². The molecule has 4 aromatic rings. The lowest BCUT2D eigenvalue weighted by atomic mass is 10.1. The lowest BCUT2D eigenvalue weighted by molar-refractivity contribution is 0.0995. The molecule has 0 aliphatic rings. The molecule has 0 atom stereocenters. The number of halogens is 2. The van der Waals surface area contributed by atoms with Crippen LogP contribution < -0.4 is 5.32 Å². The number of nitrogens with one attached hydrogen (secondary N) is 1. The monoisotopic (exact) mass is 452 g/mol. The number of furan rings is 1. The molecule has 0 unspecified atom stereocenters. The van der Waals surface area contributed by atoms with Gasteiger partial charge in [-0.1, -0.05) is 35.3 Å². The van der Waals surface area contributed by atoms with E-state index < -0.39 is 0 Å². The van der Waals surface area contributed by atoms with Gasteiger partial charge in [-0.15, -0.1) is 0 Å². The summed E-state index contributed by atoms with van der Waals surface area (Å²) in [5.74, 6) is -0.491. The second-order valence-corrected chi connectivity index (χ2v) is 7.22. The molecule has 0 spiro atoms. The van der Waals surface area contributed by atoms with Crippen LogP contribution in [0.3, 0.4) is 0 Å². The van der Waals surface area contributed by atoms with Crippen LogP contribution in [-0.2, 0) is 0 Å². The summed E-state index contributed by atoms with van der Waals surface area (Å²) in [6.07, 6.45) is 5.84. The molecule has 0 radical (unpaired) electrons. The smallest absolute Gasteiger partial charge is 0.291 e. The van der Waals surface area contributed by atoms with Gasteiger partial charge in [-0.05, 0) is 54.1 Å². The van der Waals surface area contributed by atoms with E-state index in [-0.39, 0.29) is 33.7 Å². The standard InChI is InChI=1S/C22H14Cl2N4O3/c23-15-5-8-17(18(24)11-15)21(29)19(28-13-25-12-26-28)10-14-3-6-16(7-4-14)27-22(30)20-2-1-9-31-20/h1-13H,(H,27,30)/b19-10-. The van der Waals surface area contributed by atoms with Crippen LogP contribution in [0.5, 0.6) is 0 Å². The zero-order valence-electron chi connectivity index (χ0n) is 15.8. The number of aromatic nitrogens is 3. The number of allylic oxidation sites excluding steroid dienone is 1. The average Bonchev–Trinajstić information content (AvgIpc) is 3.47. The van der Waals surface area contributed by atoms with Gasteiger partial charge < -0.3 is 9.73 Å². The maximum Gasteiger partial charge on any atom is 0.291 e. The second-order valence-electron chi connectivity index (χ2n) is 6.38. The number of carbonyl (C=O) groups is 2. The molecule has 2 heterocycles. The fraction of sp³-hybridized carbons (Fsp3) is 0. The van der Waals surface area contributed by atoms with Crippen LogP contribution in [-0.4, -0.2) is 26.5 Å². The molecule has 0 aliphatic carbocycles. The zero-order chi connectivity index (χ0) is 21.8. The summed E-state index contributed by atoms with van der Waals surface area (Å²) in [5.41, 5.74) is 1.82. The summed E-state index contributed by atoms with van der Waals surface area (Å²) in [6, 6.07) is 14.8. The van der Waals surface area contributed by atoms with E-state index in [2.05, 4.69) is 15.4 Å². The predicted molar refractivity (Wildman–Crippen MR) is 118 cm³/mol. The van der Waals surface area contributed by atoms with Crippen molar-refractivity contribution in [3.05, 3.63) is 100 Å². The van der Waals surface area contributed by atoms with Crippen LogP contribution in [0.1, 0.15) is 26.5 Å². The van der Waals surface area contributed by atoms with Gasteiger partial charge in [-0.3, -0.25) is 9.59 Å². The summed E-state index contributed by atoms with van der Waals surface area (Å²) in [5, 5.41) is 7.47. The number of amides is 1. The minimum atomic E-state index is -0.357. The van der Waals surface area contributed by atoms with E-state index in [1.54, 1.807) is 54.6 Å². The number of anilines is 1. The van der Waals surface area contributed by atoms with Crippen LogP contribution in [0.25, 0.3) is 11.8 Å². The quantitative estimate of drug-likeness (QED) is 0.316. The molecule has 0 saturated carbocycles. The molecule has 0 bridgehead atoms. The third kappa shape index (κ3) is 4.74. The highest BCUT2D eigenvalue weighted by atomic mass is 35.5. The number of Topliss-reactive ketones (excluding diaryl/α,β-unsaturated/α-hetero) is 1. The predicted octanol–water partition coefficient (Wildman–Crippen LogP) is 5.31. The summed E-state index contributed by atoms with van der Waals surface area (Å²) in [6.45, 7) is 0. The Kier molecular flexibility index (Phi) is 5.97. The summed E-state index contributed by atoms with van der Waals surface area (Å²) in [7, 11) is 0. The molecule has 31 heavy (non-hydrogen) atoms. The topological polar surface area (TPSA) is 90.0 Å². The number of hydrogen-bond donors (Lipinski definition) is 1. The Morgan fingerprint density at radius 3 is 2.52 bits per heavy atom. The molecule has 4 rings (SSSR count). The number of ketones is 1. The number of benzene rings is 2. The van der Waals surface area contributed by atoms with Crippen LogP contribution in [0.15, 0.2) is 77.9 Å². The van der Waals surface area contributed by atoms with Crippen molar-refractivity contribution in [3.63, 3.8) is 0 Å². The Bertz CT molecular complexity index is 1250. The van der Waals surface area contributed by atoms with Crippen LogP contribution in [0.2, 0.25) is 10.0 Å². The Hall–Kier alpha value is -3.68. The van der Waals surface area contributed by atoms with Crippen molar-refractivity contribution >= 4 is 52.4 Å². The van der Waals surface area contributed by atoms with Crippen molar-refractivity contribution in [1.29, 1.82) is 0 Å². The molecule has 2 aromatic carbocycles. The maximum absolute atomic E-state index is 13.2. The first kappa shape index (κ1) is 20.6. The van der Waals surface area contributed by atoms with Crippen molar-refractivity contribution in [3.8, 4) is 0 Å². The third-order valence-corrected chi connectivity index (χ3v) is 4.84. The van der Waals surface area contributed by atoms with Gasteiger partial charge in [-0.2, -0.15) is 5.10 Å². The van der Waals surface area contributed by atoms with E-state index in [9.17, 15) is 9.59 Å². The Balaban J connectivity index is 1.62. The Labute approximate surface area is 186 Å². The van der Waals surface area contributed by atoms with Gasteiger partial charge in [0.25, 0.3) is 5.91 Å². The lowest BCUT2D eigenvalue weighted by Gasteiger charge is -2.09. The fourth-order valence-electron chi connectivity index (χ4n) is 2.80. The second kappa shape index (κ2) is 8.99. The molecule has 9 heteroatoms. The van der Waals surface area contributed by atoms with Gasteiger partial charge >= 0.3 is 0 Å². The van der Waals surface area contributed by atoms with E-state index in [4.69, 9.17) is 27.6 Å². The van der Waals surface area contributed by atoms with Crippen molar-refractivity contribution in [1.82, 2.24) is 14.8 Å². The molecular formula is C22H14Cl2N4O3. The van der Waals surface area contributed by atoms with Gasteiger partial charge in [0, 0.05) is 16.3 Å². The van der Waals surface area contributed by atoms with Crippen LogP contribution in [0, 0.1) is 0 Å². The average molecular weight is 453 g/mol. The summed E-state index contributed by atoms with van der Waals surface area (Å²) >= 11 is 12.2. The fourth-order valence-corrected chi connectivity index (χ4v) is 3.30. The molecule has 1 amide bonds. The van der Waals surface area contributed by atoms with Crippen molar-refractivity contribution in [2.75, 3.05) is 5.32 Å². The first-order valence-electron chi connectivity index (χ1n) is 9.02. The molecule has 7 nitrogen and oxygen atoms in total. The van der Waals surface area contributed by atoms with Gasteiger partial charge in [-0.25, -0.2) is 9.67 Å². The highest BCUT2D eigenvalue weighted by Crippen LogP contribution is 2.26. The molecule has 0 fully saturated rings. The highest BCUT2D eigenvalue weighted by Gasteiger charge is 2.18. The third-order valence-electron chi connectivity index (χ3n) is 4.29. The van der Waals surface area contributed by atoms with E-state index in [1.807, 2.05) is 0 Å². The largest absolute Gasteiger partial charge is 0.459 e. The van der Waals surface area contributed by atoms with Gasteiger partial charge in [0.1, 0.15) is 18.4 Å². The van der Waals surface area contributed by atoms with Crippen molar-refractivity contribution in [2.24, 2.45) is 0 Å². The molecule has 154 valence electrons. The normalized spacial score (nSPS) is 11.4. The van der Waals surface area contributed by atoms with Crippen LogP contribution >= 0.6 is 23.2 Å². The minimum Gasteiger partial charge on any atom is -0.459 e. The van der Waals surface area contributed by atoms with Crippen molar-refractivity contribution < 1.29 is 14.0 Å². The number of carbonyl (C=O) groups excluding carboxylic acids is 2. The van der Waals surface area contributed by atoms with Gasteiger partial charge in [0.2, 0.25) is 5.78 Å². The van der Waals surface area contributed by atoms with E-state index in [0.29, 0.717) is 16.3 Å². The molecule has 2 aromatic heterocycles. The first-order valence-corrected chi connectivity index (χ1v) is 9.78. The number of hydrogen-bond acceptors (Lipinski definition) is 5. The summed E-state index contributed by atoms with van der Waals surface area (Å²) in [4.78, 5) is 29.2. The first-order chi connectivity index (χ1) is 15.0. The summed E-state index contributed by atoms with van der Waals surface area (Å²) < 4.78 is 6.44. The Morgan fingerprint density at radius 1 is 1.06 bits per heavy atom. The van der Waals surface area contributed by atoms with Crippen LogP contribution in [0.4, 0.5) is 5.69 Å². The molecular weight excluding hydrogens is 439 g/mol. The number of nitrogens with zero attached hydrogens (tertiary/aromatic N) is 3. The van der Waals surface area contributed by atoms with Gasteiger partial charge in [0.15, 0.2) is 5.76 Å². The molecule has 1 N–H and O–H groups in total. The lowest BCUT2D eigenvalue weighted by Crippen LogP contribution is -2.11. The van der Waals surface area contributed by atoms with E-state index in [1.165, 1.54) is 29.7 Å². The minimum absolute atomic E-state index is 0.211.